The number of hydrogen-bond acceptors (Lipinski definition) is 5. The van der Waals surface area contributed by atoms with Crippen LogP contribution >= 0.6 is 0 Å². The average Bonchev–Trinajstić information content (AvgIpc) is 2.64. The number of benzene rings is 2. The summed E-state index contributed by atoms with van der Waals surface area (Å²) in [6, 6.07) is 14.2. The van der Waals surface area contributed by atoms with Crippen molar-refractivity contribution in [1.82, 2.24) is 0 Å². The molecule has 3 aromatic rings. The van der Waals surface area contributed by atoms with E-state index >= 15 is 0 Å². The van der Waals surface area contributed by atoms with E-state index in [1.165, 1.54) is 6.07 Å². The number of aryl methyl sites for hydroxylation is 1. The fraction of sp³-hybridized carbons (Fsp3) is 0.143. The highest BCUT2D eigenvalue weighted by molar-refractivity contribution is 5.95. The molecular formula is C21H19NO5. The average molecular weight is 365 g/mol. The van der Waals surface area contributed by atoms with Crippen LogP contribution in [0.25, 0.3) is 22.1 Å². The quantitative estimate of drug-likeness (QED) is 0.410. The zero-order chi connectivity index (χ0) is 19.4. The molecule has 0 spiro atoms. The Morgan fingerprint density at radius 1 is 1.15 bits per heavy atom. The summed E-state index contributed by atoms with van der Waals surface area (Å²) in [5.41, 5.74) is 7.92. The second-order valence-corrected chi connectivity index (χ2v) is 5.86. The molecule has 2 N–H and O–H groups in total. The Hall–Kier alpha value is -3.54. The van der Waals surface area contributed by atoms with Crippen LogP contribution in [0.4, 0.5) is 0 Å². The van der Waals surface area contributed by atoms with Gasteiger partial charge >= 0.3 is 5.63 Å². The predicted octanol–water partition coefficient (Wildman–Crippen LogP) is 3.51. The first-order valence-electron chi connectivity index (χ1n) is 8.43. The number of hydrogen-bond donors (Lipinski definition) is 1. The van der Waals surface area contributed by atoms with Crippen LogP contribution in [0.1, 0.15) is 12.5 Å². The maximum absolute atomic E-state index is 12.1. The number of fused-ring (bicyclic) bond motifs is 1. The summed E-state index contributed by atoms with van der Waals surface area (Å²) < 4.78 is 15.9. The fourth-order valence-electron chi connectivity index (χ4n) is 2.72. The normalized spacial score (nSPS) is 11.4. The van der Waals surface area contributed by atoms with Crippen molar-refractivity contribution < 1.29 is 18.7 Å². The molecule has 0 radical (unpaired) electrons. The number of ether oxygens (including phenoxy) is 2. The Labute approximate surface area is 155 Å². The lowest BCUT2D eigenvalue weighted by Crippen LogP contribution is -2.18. The lowest BCUT2D eigenvalue weighted by molar-refractivity contribution is -0.116. The fourth-order valence-corrected chi connectivity index (χ4v) is 2.72. The zero-order valence-corrected chi connectivity index (χ0v) is 15.0. The van der Waals surface area contributed by atoms with Crippen LogP contribution in [0.15, 0.2) is 69.8 Å². The third kappa shape index (κ3) is 4.00. The first-order chi connectivity index (χ1) is 13.0. The molecule has 1 aromatic heterocycles. The van der Waals surface area contributed by atoms with Crippen LogP contribution in [-0.4, -0.2) is 12.5 Å². The van der Waals surface area contributed by atoms with Gasteiger partial charge in [-0.2, -0.15) is 0 Å². The van der Waals surface area contributed by atoms with Crippen molar-refractivity contribution in [3.05, 3.63) is 76.5 Å². The minimum atomic E-state index is -0.765. The van der Waals surface area contributed by atoms with Gasteiger partial charge in [0, 0.05) is 23.1 Å². The molecule has 0 aliphatic rings. The SMILES string of the molecule is CCO/C=C(/Oc1ccc2c(-c3ccccc3C)cc(=O)oc2c1)C(N)=O. The molecule has 0 saturated carbocycles. The van der Waals surface area contributed by atoms with E-state index in [9.17, 15) is 9.59 Å². The maximum Gasteiger partial charge on any atom is 0.336 e. The maximum atomic E-state index is 12.1. The van der Waals surface area contributed by atoms with E-state index in [4.69, 9.17) is 19.6 Å². The third-order valence-electron chi connectivity index (χ3n) is 3.98. The number of carbonyl (C=O) groups excluding carboxylic acids is 1. The van der Waals surface area contributed by atoms with Gasteiger partial charge in [-0.3, -0.25) is 4.79 Å². The Bertz CT molecular complexity index is 1080. The van der Waals surface area contributed by atoms with Gasteiger partial charge < -0.3 is 19.6 Å². The van der Waals surface area contributed by atoms with Crippen molar-refractivity contribution in [2.24, 2.45) is 5.73 Å². The van der Waals surface area contributed by atoms with Gasteiger partial charge in [-0.15, -0.1) is 0 Å². The first kappa shape index (κ1) is 18.3. The standard InChI is InChI=1S/C21H19NO5/c1-3-25-12-19(21(22)24)26-14-8-9-16-17(11-20(23)27-18(16)10-14)15-7-5-4-6-13(15)2/h4-12H,3H2,1-2H3,(H2,22,24)/b19-12+. The van der Waals surface area contributed by atoms with Gasteiger partial charge in [-0.1, -0.05) is 24.3 Å². The molecule has 1 amide bonds. The van der Waals surface area contributed by atoms with Gasteiger partial charge in [0.1, 0.15) is 17.6 Å². The second kappa shape index (κ2) is 7.78. The minimum Gasteiger partial charge on any atom is -0.497 e. The molecule has 0 saturated heterocycles. The highest BCUT2D eigenvalue weighted by Crippen LogP contribution is 2.31. The Morgan fingerprint density at radius 3 is 2.63 bits per heavy atom. The summed E-state index contributed by atoms with van der Waals surface area (Å²) in [5.74, 6) is -0.607. The topological polar surface area (TPSA) is 91.8 Å². The zero-order valence-electron chi connectivity index (χ0n) is 15.0. The van der Waals surface area contributed by atoms with E-state index in [2.05, 4.69) is 0 Å². The Morgan fingerprint density at radius 2 is 1.93 bits per heavy atom. The van der Waals surface area contributed by atoms with Crippen LogP contribution in [-0.2, 0) is 9.53 Å². The molecule has 1 heterocycles. The van der Waals surface area contributed by atoms with Crippen molar-refractivity contribution in [2.75, 3.05) is 6.61 Å². The molecule has 0 aliphatic carbocycles. The van der Waals surface area contributed by atoms with Gasteiger partial charge in [0.2, 0.25) is 5.76 Å². The van der Waals surface area contributed by atoms with Crippen LogP contribution in [0.2, 0.25) is 0 Å². The van der Waals surface area contributed by atoms with Crippen LogP contribution in [0.3, 0.4) is 0 Å². The highest BCUT2D eigenvalue weighted by atomic mass is 16.5. The number of primary amides is 1. The van der Waals surface area contributed by atoms with Crippen molar-refractivity contribution in [3.8, 4) is 16.9 Å². The van der Waals surface area contributed by atoms with E-state index < -0.39 is 11.5 Å². The molecule has 0 aliphatic heterocycles. The van der Waals surface area contributed by atoms with Gasteiger partial charge in [-0.25, -0.2) is 4.79 Å². The number of rotatable bonds is 6. The van der Waals surface area contributed by atoms with Gasteiger partial charge in [0.15, 0.2) is 0 Å². The predicted molar refractivity (Wildman–Crippen MR) is 102 cm³/mol. The largest absolute Gasteiger partial charge is 0.497 e. The molecule has 27 heavy (non-hydrogen) atoms. The lowest BCUT2D eigenvalue weighted by Gasteiger charge is -2.11. The highest BCUT2D eigenvalue weighted by Gasteiger charge is 2.13. The summed E-state index contributed by atoms with van der Waals surface area (Å²) in [6.07, 6.45) is 1.16. The summed E-state index contributed by atoms with van der Waals surface area (Å²) in [7, 11) is 0. The Balaban J connectivity index is 2.08. The van der Waals surface area contributed by atoms with E-state index in [0.717, 1.165) is 28.3 Å². The first-order valence-corrected chi connectivity index (χ1v) is 8.43. The molecule has 2 aromatic carbocycles. The van der Waals surface area contributed by atoms with Crippen LogP contribution < -0.4 is 16.1 Å². The molecule has 0 atom stereocenters. The molecule has 0 unspecified atom stereocenters. The van der Waals surface area contributed by atoms with Gasteiger partial charge in [0.25, 0.3) is 5.91 Å². The van der Waals surface area contributed by atoms with Crippen molar-refractivity contribution in [1.29, 1.82) is 0 Å². The summed E-state index contributed by atoms with van der Waals surface area (Å²) in [6.45, 7) is 4.12. The number of nitrogens with two attached hydrogens (primary N) is 1. The molecule has 0 fully saturated rings. The van der Waals surface area contributed by atoms with E-state index in [0.29, 0.717) is 17.9 Å². The van der Waals surface area contributed by atoms with E-state index in [1.807, 2.05) is 31.2 Å². The van der Waals surface area contributed by atoms with Gasteiger partial charge in [-0.05, 0) is 37.1 Å². The molecular weight excluding hydrogens is 346 g/mol. The van der Waals surface area contributed by atoms with Crippen molar-refractivity contribution >= 4 is 16.9 Å². The summed E-state index contributed by atoms with van der Waals surface area (Å²) in [4.78, 5) is 23.5. The summed E-state index contributed by atoms with van der Waals surface area (Å²) in [5, 5.41) is 0.755. The molecule has 3 rings (SSSR count). The number of amides is 1. The minimum absolute atomic E-state index is 0.145. The smallest absolute Gasteiger partial charge is 0.336 e. The molecule has 0 bridgehead atoms. The second-order valence-electron chi connectivity index (χ2n) is 5.86. The van der Waals surface area contributed by atoms with Gasteiger partial charge in [0.05, 0.1) is 6.61 Å². The van der Waals surface area contributed by atoms with Crippen LogP contribution in [0, 0.1) is 6.92 Å². The molecule has 138 valence electrons. The summed E-state index contributed by atoms with van der Waals surface area (Å²) >= 11 is 0. The Kier molecular flexibility index (Phi) is 5.26. The van der Waals surface area contributed by atoms with E-state index in [-0.39, 0.29) is 5.76 Å². The molecule has 6 heteroatoms. The third-order valence-corrected chi connectivity index (χ3v) is 3.98. The molecule has 6 nitrogen and oxygen atoms in total. The monoisotopic (exact) mass is 365 g/mol. The van der Waals surface area contributed by atoms with Crippen LogP contribution in [0.5, 0.6) is 5.75 Å². The number of carbonyl (C=O) groups is 1. The van der Waals surface area contributed by atoms with Crippen molar-refractivity contribution in [2.45, 2.75) is 13.8 Å². The van der Waals surface area contributed by atoms with E-state index in [1.54, 1.807) is 25.1 Å². The van der Waals surface area contributed by atoms with Crippen molar-refractivity contribution in [3.63, 3.8) is 0 Å². The lowest BCUT2D eigenvalue weighted by atomic mass is 9.98.